The fraction of sp³-hybridized carbons (Fsp3) is 0.0476. The zero-order valence-electron chi connectivity index (χ0n) is 14.4. The Morgan fingerprint density at radius 1 is 1.07 bits per heavy atom. The van der Waals surface area contributed by atoms with Crippen molar-refractivity contribution >= 4 is 45.3 Å². The van der Waals surface area contributed by atoms with Gasteiger partial charge in [0.05, 0.1) is 7.11 Å². The van der Waals surface area contributed by atoms with Crippen molar-refractivity contribution in [2.24, 2.45) is 0 Å². The molecule has 1 heterocycles. The summed E-state index contributed by atoms with van der Waals surface area (Å²) < 4.78 is 12.1. The van der Waals surface area contributed by atoms with Crippen LogP contribution in [0.4, 0.5) is 5.69 Å². The molecule has 0 bridgehead atoms. The Bertz CT molecular complexity index is 1120. The molecule has 0 spiro atoms. The highest BCUT2D eigenvalue weighted by Crippen LogP contribution is 2.27. The van der Waals surface area contributed by atoms with Gasteiger partial charge in [0.15, 0.2) is 5.58 Å². The molecule has 3 aromatic carbocycles. The van der Waals surface area contributed by atoms with Crippen molar-refractivity contribution in [3.63, 3.8) is 0 Å². The molecule has 0 saturated heterocycles. The zero-order valence-corrected chi connectivity index (χ0v) is 16.6. The molecule has 0 aliphatic heterocycles. The predicted octanol–water partition coefficient (Wildman–Crippen LogP) is 5.36. The first-order valence-corrected chi connectivity index (χ1v) is 9.32. The van der Waals surface area contributed by atoms with Gasteiger partial charge in [-0.05, 0) is 83.3 Å². The lowest BCUT2D eigenvalue weighted by Crippen LogP contribution is -2.11. The minimum absolute atomic E-state index is 0.213. The summed E-state index contributed by atoms with van der Waals surface area (Å²) in [7, 11) is 1.57. The van der Waals surface area contributed by atoms with E-state index >= 15 is 0 Å². The number of benzene rings is 3. The highest BCUT2D eigenvalue weighted by atomic mass is 127. The number of amides is 1. The largest absolute Gasteiger partial charge is 0.497 e. The van der Waals surface area contributed by atoms with Gasteiger partial charge in [0.25, 0.3) is 5.91 Å². The molecule has 134 valence electrons. The molecule has 0 aliphatic carbocycles. The number of ether oxygens (including phenoxy) is 1. The minimum atomic E-state index is -0.213. The minimum Gasteiger partial charge on any atom is -0.497 e. The summed E-state index contributed by atoms with van der Waals surface area (Å²) in [5, 5.41) is 2.88. The number of oxazole rings is 1. The van der Waals surface area contributed by atoms with Crippen LogP contribution in [0.1, 0.15) is 10.4 Å². The summed E-state index contributed by atoms with van der Waals surface area (Å²) in [6.07, 6.45) is 0. The maximum absolute atomic E-state index is 12.5. The summed E-state index contributed by atoms with van der Waals surface area (Å²) in [6.45, 7) is 0. The van der Waals surface area contributed by atoms with E-state index in [0.29, 0.717) is 34.0 Å². The topological polar surface area (TPSA) is 64.4 Å². The molecule has 5 nitrogen and oxygen atoms in total. The Kier molecular flexibility index (Phi) is 4.81. The van der Waals surface area contributed by atoms with E-state index in [1.54, 1.807) is 49.6 Å². The van der Waals surface area contributed by atoms with Crippen LogP contribution >= 0.6 is 22.6 Å². The molecule has 0 unspecified atom stereocenters. The quantitative estimate of drug-likeness (QED) is 0.408. The highest BCUT2D eigenvalue weighted by molar-refractivity contribution is 14.1. The molecule has 6 heteroatoms. The van der Waals surface area contributed by atoms with Crippen LogP contribution in [0.25, 0.3) is 22.6 Å². The third kappa shape index (κ3) is 3.80. The number of hydrogen-bond acceptors (Lipinski definition) is 4. The molecule has 4 aromatic rings. The van der Waals surface area contributed by atoms with E-state index in [-0.39, 0.29) is 5.91 Å². The average molecular weight is 470 g/mol. The van der Waals surface area contributed by atoms with Crippen LogP contribution in [0.5, 0.6) is 5.75 Å². The smallest absolute Gasteiger partial charge is 0.255 e. The highest BCUT2D eigenvalue weighted by Gasteiger charge is 2.11. The number of fused-ring (bicyclic) bond motifs is 1. The standard InChI is InChI=1S/C21H15IN2O3/c1-26-17-4-2-3-14(11-17)20(25)23-16-9-10-19-18(12-16)24-21(27-19)13-5-7-15(22)8-6-13/h2-12H,1H3,(H,23,25). The van der Waals surface area contributed by atoms with Crippen molar-refractivity contribution in [2.45, 2.75) is 0 Å². The number of hydrogen-bond donors (Lipinski definition) is 1. The van der Waals surface area contributed by atoms with Crippen molar-refractivity contribution in [2.75, 3.05) is 12.4 Å². The molecule has 1 amide bonds. The van der Waals surface area contributed by atoms with E-state index in [2.05, 4.69) is 32.9 Å². The van der Waals surface area contributed by atoms with Crippen LogP contribution in [-0.2, 0) is 0 Å². The molecule has 1 aromatic heterocycles. The Balaban J connectivity index is 1.59. The van der Waals surface area contributed by atoms with Crippen molar-refractivity contribution in [1.29, 1.82) is 0 Å². The van der Waals surface area contributed by atoms with Crippen LogP contribution in [0, 0.1) is 3.57 Å². The Morgan fingerprint density at radius 2 is 1.89 bits per heavy atom. The molecular formula is C21H15IN2O3. The Hall–Kier alpha value is -2.87. The van der Waals surface area contributed by atoms with Gasteiger partial charge in [-0.25, -0.2) is 4.98 Å². The SMILES string of the molecule is COc1cccc(C(=O)Nc2ccc3oc(-c4ccc(I)cc4)nc3c2)c1. The van der Waals surface area contributed by atoms with Crippen molar-refractivity contribution in [3.05, 3.63) is 75.9 Å². The van der Waals surface area contributed by atoms with Gasteiger partial charge in [0.2, 0.25) is 5.89 Å². The number of anilines is 1. The second-order valence-corrected chi connectivity index (χ2v) is 7.14. The first-order valence-electron chi connectivity index (χ1n) is 8.24. The van der Waals surface area contributed by atoms with Crippen molar-refractivity contribution in [3.8, 4) is 17.2 Å². The van der Waals surface area contributed by atoms with Gasteiger partial charge in [-0.1, -0.05) is 6.07 Å². The summed E-state index contributed by atoms with van der Waals surface area (Å²) >= 11 is 2.26. The fourth-order valence-corrected chi connectivity index (χ4v) is 3.05. The van der Waals surface area contributed by atoms with Crippen LogP contribution < -0.4 is 10.1 Å². The van der Waals surface area contributed by atoms with Crippen LogP contribution in [-0.4, -0.2) is 18.0 Å². The molecular weight excluding hydrogens is 455 g/mol. The van der Waals surface area contributed by atoms with E-state index in [4.69, 9.17) is 9.15 Å². The number of halogens is 1. The molecule has 4 rings (SSSR count). The summed E-state index contributed by atoms with van der Waals surface area (Å²) in [6, 6.07) is 20.4. The van der Waals surface area contributed by atoms with Gasteiger partial charge in [-0.15, -0.1) is 0 Å². The van der Waals surface area contributed by atoms with Crippen LogP contribution in [0.2, 0.25) is 0 Å². The number of nitrogens with one attached hydrogen (secondary N) is 1. The third-order valence-corrected chi connectivity index (χ3v) is 4.79. The second kappa shape index (κ2) is 7.40. The maximum Gasteiger partial charge on any atom is 0.255 e. The van der Waals surface area contributed by atoms with E-state index in [9.17, 15) is 4.79 Å². The maximum atomic E-state index is 12.5. The van der Waals surface area contributed by atoms with Gasteiger partial charge >= 0.3 is 0 Å². The molecule has 0 aliphatic rings. The number of carbonyl (C=O) groups excluding carboxylic acids is 1. The normalized spacial score (nSPS) is 10.7. The number of nitrogens with zero attached hydrogens (tertiary/aromatic N) is 1. The molecule has 27 heavy (non-hydrogen) atoms. The fourth-order valence-electron chi connectivity index (χ4n) is 2.69. The summed E-state index contributed by atoms with van der Waals surface area (Å²) in [5.74, 6) is 0.976. The van der Waals surface area contributed by atoms with E-state index in [1.165, 1.54) is 0 Å². The Labute approximate surface area is 169 Å². The lowest BCUT2D eigenvalue weighted by molar-refractivity contribution is 0.102. The number of rotatable bonds is 4. The Morgan fingerprint density at radius 3 is 2.67 bits per heavy atom. The van der Waals surface area contributed by atoms with E-state index < -0.39 is 0 Å². The first-order chi connectivity index (χ1) is 13.1. The first kappa shape index (κ1) is 17.5. The average Bonchev–Trinajstić information content (AvgIpc) is 3.12. The van der Waals surface area contributed by atoms with Gasteiger partial charge < -0.3 is 14.5 Å². The monoisotopic (exact) mass is 470 g/mol. The van der Waals surface area contributed by atoms with Gasteiger partial charge in [0, 0.05) is 20.4 Å². The van der Waals surface area contributed by atoms with Crippen LogP contribution in [0.3, 0.4) is 0 Å². The number of methoxy groups -OCH3 is 1. The van der Waals surface area contributed by atoms with Gasteiger partial charge in [-0.3, -0.25) is 4.79 Å². The second-order valence-electron chi connectivity index (χ2n) is 5.89. The van der Waals surface area contributed by atoms with Crippen molar-refractivity contribution < 1.29 is 13.9 Å². The molecule has 0 radical (unpaired) electrons. The zero-order chi connectivity index (χ0) is 18.8. The van der Waals surface area contributed by atoms with Gasteiger partial charge in [0.1, 0.15) is 11.3 Å². The lowest BCUT2D eigenvalue weighted by Gasteiger charge is -2.06. The van der Waals surface area contributed by atoms with E-state index in [0.717, 1.165) is 9.13 Å². The van der Waals surface area contributed by atoms with Crippen LogP contribution in [0.15, 0.2) is 71.1 Å². The molecule has 0 atom stereocenters. The molecule has 0 fully saturated rings. The van der Waals surface area contributed by atoms with E-state index in [1.807, 2.05) is 24.3 Å². The third-order valence-electron chi connectivity index (χ3n) is 4.07. The number of aromatic nitrogens is 1. The predicted molar refractivity (Wildman–Crippen MR) is 113 cm³/mol. The summed E-state index contributed by atoms with van der Waals surface area (Å²) in [5.41, 5.74) is 3.44. The molecule has 0 saturated carbocycles. The van der Waals surface area contributed by atoms with Gasteiger partial charge in [-0.2, -0.15) is 0 Å². The number of carbonyl (C=O) groups is 1. The summed E-state index contributed by atoms with van der Waals surface area (Å²) in [4.78, 5) is 17.0. The van der Waals surface area contributed by atoms with Crippen molar-refractivity contribution in [1.82, 2.24) is 4.98 Å². The lowest BCUT2D eigenvalue weighted by atomic mass is 10.2. The molecule has 1 N–H and O–H groups in total.